The van der Waals surface area contributed by atoms with Gasteiger partial charge in [0.1, 0.15) is 23.0 Å². The lowest BCUT2D eigenvalue weighted by Crippen LogP contribution is -2.03. The van der Waals surface area contributed by atoms with Gasteiger partial charge in [0.15, 0.2) is 0 Å². The third-order valence-electron chi connectivity index (χ3n) is 7.86. The van der Waals surface area contributed by atoms with E-state index >= 15 is 0 Å². The van der Waals surface area contributed by atoms with Crippen molar-refractivity contribution in [1.29, 1.82) is 0 Å². The number of fused-ring (bicyclic) bond motifs is 7. The van der Waals surface area contributed by atoms with Crippen molar-refractivity contribution in [1.82, 2.24) is 0 Å². The first-order valence-electron chi connectivity index (χ1n) is 14.2. The van der Waals surface area contributed by atoms with Crippen molar-refractivity contribution in [2.75, 3.05) is 21.0 Å². The monoisotopic (exact) mass is 562 g/mol. The van der Waals surface area contributed by atoms with Crippen LogP contribution in [0.25, 0.3) is 57.0 Å². The van der Waals surface area contributed by atoms with Gasteiger partial charge in [0, 0.05) is 11.1 Å². The van der Waals surface area contributed by atoms with Gasteiger partial charge in [0.25, 0.3) is 0 Å². The zero-order chi connectivity index (χ0) is 29.2. The molecule has 0 N–H and O–H groups in total. The summed E-state index contributed by atoms with van der Waals surface area (Å²) in [5, 5.41) is 4.54. The predicted molar refractivity (Wildman–Crippen MR) is 177 cm³/mol. The molecule has 6 aromatic carbocycles. The van der Waals surface area contributed by atoms with Crippen molar-refractivity contribution in [3.63, 3.8) is 0 Å². The second-order valence-corrected chi connectivity index (χ2v) is 10.5. The van der Waals surface area contributed by atoms with Crippen molar-refractivity contribution in [2.45, 2.75) is 0 Å². The van der Waals surface area contributed by atoms with Crippen LogP contribution in [-0.4, -0.2) is 21.0 Å². The molecule has 210 valence electrons. The first-order valence-corrected chi connectivity index (χ1v) is 14.2. The molecule has 0 radical (unpaired) electrons. The van der Waals surface area contributed by atoms with Crippen LogP contribution in [0, 0.1) is 0 Å². The Hall–Kier alpha value is -5.48. The minimum atomic E-state index is 0.169. The molecule has 4 heteroatoms. The molecule has 43 heavy (non-hydrogen) atoms. The van der Waals surface area contributed by atoms with Gasteiger partial charge in [-0.05, 0) is 92.3 Å². The first kappa shape index (κ1) is 26.4. The predicted octanol–water partition coefficient (Wildman–Crippen LogP) is 9.75. The van der Waals surface area contributed by atoms with Crippen LogP contribution in [0.1, 0.15) is 22.3 Å². The summed E-state index contributed by atoms with van der Waals surface area (Å²) in [5.41, 5.74) is 6.60. The minimum absolute atomic E-state index is 0.169. The number of benzene rings is 6. The SMILES string of the molecule is COc1ccc(/C=C/c2ccc3c4c(ccc3c2)OCOc2ccc3cc(/C=C/c5ccc(OC)cc5)ccc3c2-4)cc1. The maximum Gasteiger partial charge on any atom is 0.230 e. The Morgan fingerprint density at radius 2 is 0.860 bits per heavy atom. The summed E-state index contributed by atoms with van der Waals surface area (Å²) < 4.78 is 22.8. The maximum atomic E-state index is 6.10. The van der Waals surface area contributed by atoms with Gasteiger partial charge in [-0.25, -0.2) is 0 Å². The second-order valence-electron chi connectivity index (χ2n) is 10.5. The van der Waals surface area contributed by atoms with E-state index in [0.717, 1.165) is 77.9 Å². The van der Waals surface area contributed by atoms with Gasteiger partial charge in [-0.3, -0.25) is 0 Å². The molecule has 0 fully saturated rings. The van der Waals surface area contributed by atoms with Gasteiger partial charge in [-0.2, -0.15) is 0 Å². The standard InChI is InChI=1S/C39H30O4/c1-40-32-15-7-26(8-16-32)3-5-28-11-19-34-30(23-28)13-21-36-38(34)39-35-20-12-29(6-4-27-9-17-33(41-2)18-10-27)24-31(35)14-22-37(39)43-25-42-36/h3-24H,25H2,1-2H3/b5-3+,6-4+. The third kappa shape index (κ3) is 5.31. The molecule has 1 heterocycles. The van der Waals surface area contributed by atoms with Crippen LogP contribution < -0.4 is 18.9 Å². The van der Waals surface area contributed by atoms with E-state index in [1.165, 1.54) is 0 Å². The molecule has 0 saturated carbocycles. The molecule has 0 unspecified atom stereocenters. The van der Waals surface area contributed by atoms with E-state index in [4.69, 9.17) is 18.9 Å². The third-order valence-corrected chi connectivity index (χ3v) is 7.86. The maximum absolute atomic E-state index is 6.10. The van der Waals surface area contributed by atoms with Gasteiger partial charge in [0.2, 0.25) is 6.79 Å². The number of hydrogen-bond acceptors (Lipinski definition) is 4. The molecular weight excluding hydrogens is 532 g/mol. The summed E-state index contributed by atoms with van der Waals surface area (Å²) in [4.78, 5) is 0. The van der Waals surface area contributed by atoms with Crippen LogP contribution in [0.4, 0.5) is 0 Å². The lowest BCUT2D eigenvalue weighted by Gasteiger charge is -2.14. The van der Waals surface area contributed by atoms with E-state index in [2.05, 4.69) is 109 Å². The number of rotatable bonds is 6. The Kier molecular flexibility index (Phi) is 7.02. The number of ether oxygens (including phenoxy) is 4. The Balaban J connectivity index is 1.27. The Labute approximate surface area is 251 Å². The van der Waals surface area contributed by atoms with Crippen LogP contribution >= 0.6 is 0 Å². The topological polar surface area (TPSA) is 36.9 Å². The number of hydrogen-bond donors (Lipinski definition) is 0. The smallest absolute Gasteiger partial charge is 0.230 e. The molecule has 0 bridgehead atoms. The van der Waals surface area contributed by atoms with Crippen LogP contribution in [-0.2, 0) is 0 Å². The quantitative estimate of drug-likeness (QED) is 0.189. The van der Waals surface area contributed by atoms with Crippen molar-refractivity contribution >= 4 is 45.8 Å². The summed E-state index contributed by atoms with van der Waals surface area (Å²) in [5.74, 6) is 3.35. The van der Waals surface area contributed by atoms with E-state index in [1.54, 1.807) is 14.2 Å². The summed E-state index contributed by atoms with van der Waals surface area (Å²) in [6.45, 7) is 0.169. The summed E-state index contributed by atoms with van der Waals surface area (Å²) in [6.07, 6.45) is 8.50. The molecule has 0 spiro atoms. The normalized spacial score (nSPS) is 12.5. The average Bonchev–Trinajstić information content (AvgIpc) is 3.26. The van der Waals surface area contributed by atoms with Gasteiger partial charge in [-0.1, -0.05) is 85.0 Å². The lowest BCUT2D eigenvalue weighted by atomic mass is 9.91. The highest BCUT2D eigenvalue weighted by Crippen LogP contribution is 2.47. The van der Waals surface area contributed by atoms with E-state index in [1.807, 2.05) is 24.3 Å². The summed E-state index contributed by atoms with van der Waals surface area (Å²) in [6, 6.07) is 37.6. The fourth-order valence-electron chi connectivity index (χ4n) is 5.59. The van der Waals surface area contributed by atoms with Gasteiger partial charge in [-0.15, -0.1) is 0 Å². The Morgan fingerprint density at radius 1 is 0.465 bits per heavy atom. The van der Waals surface area contributed by atoms with Crippen LogP contribution in [0.2, 0.25) is 0 Å². The fourth-order valence-corrected chi connectivity index (χ4v) is 5.59. The highest BCUT2D eigenvalue weighted by molar-refractivity contribution is 6.10. The van der Waals surface area contributed by atoms with Gasteiger partial charge in [0.05, 0.1) is 14.2 Å². The first-order chi connectivity index (χ1) is 21.2. The Morgan fingerprint density at radius 3 is 1.28 bits per heavy atom. The van der Waals surface area contributed by atoms with E-state index in [-0.39, 0.29) is 6.79 Å². The summed E-state index contributed by atoms with van der Waals surface area (Å²) in [7, 11) is 3.36. The largest absolute Gasteiger partial charge is 0.497 e. The van der Waals surface area contributed by atoms with Crippen molar-refractivity contribution in [2.24, 2.45) is 0 Å². The molecule has 1 aliphatic rings. The number of methoxy groups -OCH3 is 2. The highest BCUT2D eigenvalue weighted by Gasteiger charge is 2.22. The molecule has 0 saturated heterocycles. The van der Waals surface area contributed by atoms with Crippen LogP contribution in [0.5, 0.6) is 23.0 Å². The van der Waals surface area contributed by atoms with E-state index in [9.17, 15) is 0 Å². The van der Waals surface area contributed by atoms with Crippen molar-refractivity contribution in [3.8, 4) is 34.1 Å². The zero-order valence-corrected chi connectivity index (χ0v) is 24.0. The summed E-state index contributed by atoms with van der Waals surface area (Å²) >= 11 is 0. The molecule has 7 rings (SSSR count). The van der Waals surface area contributed by atoms with Gasteiger partial charge < -0.3 is 18.9 Å². The fraction of sp³-hybridized carbons (Fsp3) is 0.0769. The molecule has 1 aliphatic heterocycles. The molecule has 0 amide bonds. The molecule has 4 nitrogen and oxygen atoms in total. The van der Waals surface area contributed by atoms with E-state index in [0.29, 0.717) is 0 Å². The van der Waals surface area contributed by atoms with Crippen LogP contribution in [0.3, 0.4) is 0 Å². The molecule has 6 aromatic rings. The average molecular weight is 563 g/mol. The molecular formula is C39H30O4. The zero-order valence-electron chi connectivity index (χ0n) is 24.0. The minimum Gasteiger partial charge on any atom is -0.497 e. The lowest BCUT2D eigenvalue weighted by molar-refractivity contribution is 0.125. The van der Waals surface area contributed by atoms with Crippen molar-refractivity contribution in [3.05, 3.63) is 131 Å². The molecule has 0 aromatic heterocycles. The Bertz CT molecular complexity index is 1850. The molecule has 0 atom stereocenters. The highest BCUT2D eigenvalue weighted by atomic mass is 16.7. The second kappa shape index (κ2) is 11.4. The van der Waals surface area contributed by atoms with Crippen LogP contribution in [0.15, 0.2) is 109 Å². The van der Waals surface area contributed by atoms with Gasteiger partial charge >= 0.3 is 0 Å². The van der Waals surface area contributed by atoms with E-state index < -0.39 is 0 Å². The molecule has 0 aliphatic carbocycles. The van der Waals surface area contributed by atoms with Crippen molar-refractivity contribution < 1.29 is 18.9 Å².